The minimum absolute atomic E-state index is 0.0608. The van der Waals surface area contributed by atoms with Crippen LogP contribution in [-0.2, 0) is 0 Å². The second-order valence-corrected chi connectivity index (χ2v) is 8.07. The van der Waals surface area contributed by atoms with Crippen LogP contribution in [-0.4, -0.2) is 34.9 Å². The quantitative estimate of drug-likeness (QED) is 0.323. The molecule has 3 aromatic heterocycles. The maximum atomic E-state index is 12.2. The molecule has 0 aliphatic rings. The monoisotopic (exact) mass is 460 g/mol. The lowest BCUT2D eigenvalue weighted by Gasteiger charge is -2.10. The standard InChI is InChI=1S/C28H20N4O3/c1-32(2)28(33)19-7-5-18(6-8-19)26-15-24-27(35-26)23(11-13-31-24)20-9-10-25(21(14-20)16-29)34-22-4-3-12-30-17-22/h3-15,17H,1-2H3. The van der Waals surface area contributed by atoms with E-state index in [0.717, 1.165) is 16.7 Å². The SMILES string of the molecule is CN(C)C(=O)c1ccc(-c2cc3nccc(-c4ccc(Oc5cccnc5)c(C#N)c4)c3o2)cc1. The predicted molar refractivity (Wildman–Crippen MR) is 132 cm³/mol. The molecule has 0 bridgehead atoms. The Kier molecular flexibility index (Phi) is 5.70. The molecule has 0 atom stereocenters. The summed E-state index contributed by atoms with van der Waals surface area (Å²) in [6.45, 7) is 0. The lowest BCUT2D eigenvalue weighted by Crippen LogP contribution is -2.21. The van der Waals surface area contributed by atoms with E-state index in [2.05, 4.69) is 16.0 Å². The van der Waals surface area contributed by atoms with Crippen LogP contribution in [0.3, 0.4) is 0 Å². The van der Waals surface area contributed by atoms with E-state index in [-0.39, 0.29) is 5.91 Å². The van der Waals surface area contributed by atoms with Crippen LogP contribution in [0.25, 0.3) is 33.6 Å². The second kappa shape index (κ2) is 9.12. The molecule has 0 radical (unpaired) electrons. The summed E-state index contributed by atoms with van der Waals surface area (Å²) in [4.78, 5) is 22.2. The highest BCUT2D eigenvalue weighted by Gasteiger charge is 2.15. The zero-order chi connectivity index (χ0) is 24.4. The number of furan rings is 1. The number of amides is 1. The van der Waals surface area contributed by atoms with E-state index in [1.165, 1.54) is 4.90 Å². The first-order chi connectivity index (χ1) is 17.0. The van der Waals surface area contributed by atoms with Gasteiger partial charge in [-0.25, -0.2) is 0 Å². The molecule has 35 heavy (non-hydrogen) atoms. The van der Waals surface area contributed by atoms with Gasteiger partial charge in [0.2, 0.25) is 0 Å². The van der Waals surface area contributed by atoms with E-state index in [0.29, 0.717) is 39.5 Å². The van der Waals surface area contributed by atoms with Gasteiger partial charge in [-0.1, -0.05) is 18.2 Å². The minimum Gasteiger partial charge on any atom is -0.454 e. The summed E-state index contributed by atoms with van der Waals surface area (Å²) < 4.78 is 12.0. The van der Waals surface area contributed by atoms with Crippen molar-refractivity contribution in [1.82, 2.24) is 14.9 Å². The third kappa shape index (κ3) is 4.33. The number of hydrogen-bond acceptors (Lipinski definition) is 6. The van der Waals surface area contributed by atoms with E-state index < -0.39 is 0 Å². The van der Waals surface area contributed by atoms with Crippen LogP contribution in [0.15, 0.2) is 89.7 Å². The zero-order valence-electron chi connectivity index (χ0n) is 19.1. The molecule has 5 aromatic rings. The van der Waals surface area contributed by atoms with Crippen LogP contribution in [0.4, 0.5) is 0 Å². The van der Waals surface area contributed by atoms with Gasteiger partial charge in [0.1, 0.15) is 28.8 Å². The molecular formula is C28H20N4O3. The van der Waals surface area contributed by atoms with Crippen molar-refractivity contribution in [3.63, 3.8) is 0 Å². The number of hydrogen-bond donors (Lipinski definition) is 0. The maximum absolute atomic E-state index is 12.2. The Labute approximate surface area is 201 Å². The molecule has 0 aliphatic carbocycles. The molecule has 0 saturated heterocycles. The maximum Gasteiger partial charge on any atom is 0.253 e. The molecule has 170 valence electrons. The molecule has 0 spiro atoms. The van der Waals surface area contributed by atoms with Crippen molar-refractivity contribution in [3.8, 4) is 40.0 Å². The van der Waals surface area contributed by atoms with Gasteiger partial charge < -0.3 is 14.1 Å². The molecule has 0 unspecified atom stereocenters. The number of rotatable bonds is 5. The van der Waals surface area contributed by atoms with Crippen LogP contribution < -0.4 is 4.74 Å². The third-order valence-electron chi connectivity index (χ3n) is 5.51. The van der Waals surface area contributed by atoms with Crippen molar-refractivity contribution in [3.05, 3.63) is 96.4 Å². The first-order valence-electron chi connectivity index (χ1n) is 10.9. The van der Waals surface area contributed by atoms with E-state index >= 15 is 0 Å². The van der Waals surface area contributed by atoms with Crippen LogP contribution in [0.2, 0.25) is 0 Å². The van der Waals surface area contributed by atoms with Crippen molar-refractivity contribution in [2.75, 3.05) is 14.1 Å². The topological polar surface area (TPSA) is 92.3 Å². The average Bonchev–Trinajstić information content (AvgIpc) is 3.34. The summed E-state index contributed by atoms with van der Waals surface area (Å²) in [5.41, 5.74) is 4.75. The number of carbonyl (C=O) groups is 1. The van der Waals surface area contributed by atoms with Crippen LogP contribution in [0, 0.1) is 11.3 Å². The fourth-order valence-electron chi connectivity index (χ4n) is 3.75. The Morgan fingerprint density at radius 3 is 2.51 bits per heavy atom. The Morgan fingerprint density at radius 2 is 1.80 bits per heavy atom. The summed E-state index contributed by atoms with van der Waals surface area (Å²) in [5, 5.41) is 9.72. The summed E-state index contributed by atoms with van der Waals surface area (Å²) in [7, 11) is 3.44. The molecule has 0 aliphatic heterocycles. The molecule has 0 N–H and O–H groups in total. The van der Waals surface area contributed by atoms with E-state index in [9.17, 15) is 10.1 Å². The van der Waals surface area contributed by atoms with Crippen LogP contribution in [0.5, 0.6) is 11.5 Å². The smallest absolute Gasteiger partial charge is 0.253 e. The summed E-state index contributed by atoms with van der Waals surface area (Å²) in [6, 6.07) is 22.1. The van der Waals surface area contributed by atoms with E-state index in [1.807, 2.05) is 30.3 Å². The van der Waals surface area contributed by atoms with Gasteiger partial charge in [0.05, 0.1) is 11.8 Å². The average molecular weight is 460 g/mol. The highest BCUT2D eigenvalue weighted by atomic mass is 16.5. The highest BCUT2D eigenvalue weighted by molar-refractivity contribution is 5.95. The lowest BCUT2D eigenvalue weighted by molar-refractivity contribution is 0.0827. The Morgan fingerprint density at radius 1 is 1.00 bits per heavy atom. The second-order valence-electron chi connectivity index (χ2n) is 8.07. The molecule has 1 amide bonds. The zero-order valence-corrected chi connectivity index (χ0v) is 19.1. The van der Waals surface area contributed by atoms with Gasteiger partial charge in [-0.15, -0.1) is 0 Å². The molecule has 2 aromatic carbocycles. The fraction of sp³-hybridized carbons (Fsp3) is 0.0714. The van der Waals surface area contributed by atoms with Crippen molar-refractivity contribution in [2.24, 2.45) is 0 Å². The van der Waals surface area contributed by atoms with Crippen LogP contribution >= 0.6 is 0 Å². The van der Waals surface area contributed by atoms with E-state index in [4.69, 9.17) is 9.15 Å². The Hall–Kier alpha value is -4.96. The fourth-order valence-corrected chi connectivity index (χ4v) is 3.75. The number of nitriles is 1. The number of carbonyl (C=O) groups excluding carboxylic acids is 1. The van der Waals surface area contributed by atoms with Crippen molar-refractivity contribution >= 4 is 17.0 Å². The Bertz CT molecular complexity index is 1570. The molecule has 0 saturated carbocycles. The van der Waals surface area contributed by atoms with Gasteiger partial charge in [0.25, 0.3) is 5.91 Å². The molecule has 7 nitrogen and oxygen atoms in total. The third-order valence-corrected chi connectivity index (χ3v) is 5.51. The molecule has 3 heterocycles. The van der Waals surface area contributed by atoms with E-state index in [1.54, 1.807) is 69.1 Å². The summed E-state index contributed by atoms with van der Waals surface area (Å²) in [5.74, 6) is 1.58. The minimum atomic E-state index is -0.0608. The molecule has 7 heteroatoms. The first-order valence-corrected chi connectivity index (χ1v) is 10.9. The highest BCUT2D eigenvalue weighted by Crippen LogP contribution is 2.36. The summed E-state index contributed by atoms with van der Waals surface area (Å²) in [6.07, 6.45) is 4.96. The molecule has 5 rings (SSSR count). The first kappa shape index (κ1) is 21.9. The van der Waals surface area contributed by atoms with Gasteiger partial charge in [0.15, 0.2) is 5.58 Å². The van der Waals surface area contributed by atoms with Gasteiger partial charge in [-0.3, -0.25) is 14.8 Å². The number of pyridine rings is 2. The Balaban J connectivity index is 1.50. The van der Waals surface area contributed by atoms with Crippen molar-refractivity contribution in [1.29, 1.82) is 5.26 Å². The normalized spacial score (nSPS) is 10.7. The van der Waals surface area contributed by atoms with Gasteiger partial charge in [-0.2, -0.15) is 5.26 Å². The number of benzene rings is 2. The number of fused-ring (bicyclic) bond motifs is 1. The number of ether oxygens (including phenoxy) is 1. The van der Waals surface area contributed by atoms with Gasteiger partial charge in [-0.05, 0) is 48.0 Å². The predicted octanol–water partition coefficient (Wildman–Crippen LogP) is 5.92. The van der Waals surface area contributed by atoms with Gasteiger partial charge >= 0.3 is 0 Å². The van der Waals surface area contributed by atoms with Crippen molar-refractivity contribution < 1.29 is 13.9 Å². The van der Waals surface area contributed by atoms with Gasteiger partial charge in [0, 0.05) is 49.2 Å². The molecule has 0 fully saturated rings. The van der Waals surface area contributed by atoms with Crippen molar-refractivity contribution in [2.45, 2.75) is 0 Å². The largest absolute Gasteiger partial charge is 0.454 e. The summed E-state index contributed by atoms with van der Waals surface area (Å²) >= 11 is 0. The van der Waals surface area contributed by atoms with Crippen LogP contribution in [0.1, 0.15) is 15.9 Å². The molecular weight excluding hydrogens is 440 g/mol. The lowest BCUT2D eigenvalue weighted by atomic mass is 10.0. The number of aromatic nitrogens is 2. The number of nitrogens with zero attached hydrogens (tertiary/aromatic N) is 4.